The molecule has 0 aromatic carbocycles. The van der Waals surface area contributed by atoms with Crippen molar-refractivity contribution >= 4 is 12.4 Å². The Bertz CT molecular complexity index is 178. The summed E-state index contributed by atoms with van der Waals surface area (Å²) in [5.41, 5.74) is -0.675. The molecule has 13 heavy (non-hydrogen) atoms. The Morgan fingerprint density at radius 1 is 0.923 bits per heavy atom. The van der Waals surface area contributed by atoms with E-state index >= 15 is 0 Å². The van der Waals surface area contributed by atoms with Crippen molar-refractivity contribution in [3.05, 3.63) is 0 Å². The van der Waals surface area contributed by atoms with Crippen LogP contribution in [0.4, 0.5) is 8.78 Å². The monoisotopic (exact) mass is 211 g/mol. The molecule has 1 aliphatic carbocycles. The van der Waals surface area contributed by atoms with Gasteiger partial charge < -0.3 is 5.32 Å². The van der Waals surface area contributed by atoms with Crippen LogP contribution in [-0.2, 0) is 0 Å². The largest absolute Gasteiger partial charge is 0.310 e. The van der Waals surface area contributed by atoms with Gasteiger partial charge in [-0.15, -0.1) is 12.4 Å². The zero-order valence-electron chi connectivity index (χ0n) is 7.61. The van der Waals surface area contributed by atoms with Crippen molar-refractivity contribution in [2.45, 2.75) is 38.0 Å². The predicted octanol–water partition coefficient (Wildman–Crippen LogP) is 2.60. The van der Waals surface area contributed by atoms with Gasteiger partial charge in [0.1, 0.15) is 0 Å². The zero-order valence-corrected chi connectivity index (χ0v) is 8.43. The number of alkyl halides is 2. The van der Waals surface area contributed by atoms with Crippen LogP contribution in [0, 0.1) is 5.41 Å². The summed E-state index contributed by atoms with van der Waals surface area (Å²) in [6, 6.07) is 0. The van der Waals surface area contributed by atoms with Crippen LogP contribution in [0.5, 0.6) is 0 Å². The molecule has 2 fully saturated rings. The molecule has 0 amide bonds. The molecule has 1 saturated carbocycles. The summed E-state index contributed by atoms with van der Waals surface area (Å²) in [7, 11) is 0. The van der Waals surface area contributed by atoms with E-state index in [-0.39, 0.29) is 19.0 Å². The number of hydrogen-bond donors (Lipinski definition) is 1. The number of halogens is 3. The highest BCUT2D eigenvalue weighted by molar-refractivity contribution is 5.85. The second-order valence-electron chi connectivity index (χ2n) is 4.15. The maximum absolute atomic E-state index is 13.4. The minimum Gasteiger partial charge on any atom is -0.310 e. The summed E-state index contributed by atoms with van der Waals surface area (Å²) in [5.74, 6) is -2.45. The third-order valence-electron chi connectivity index (χ3n) is 3.40. The first-order valence-corrected chi connectivity index (χ1v) is 4.75. The van der Waals surface area contributed by atoms with E-state index in [0.717, 1.165) is 19.3 Å². The molecule has 2 aliphatic rings. The highest BCUT2D eigenvalue weighted by Gasteiger charge is 2.56. The van der Waals surface area contributed by atoms with Gasteiger partial charge in [-0.3, -0.25) is 0 Å². The van der Waals surface area contributed by atoms with Crippen LogP contribution in [0.1, 0.15) is 32.1 Å². The van der Waals surface area contributed by atoms with Gasteiger partial charge in [-0.25, -0.2) is 8.78 Å². The standard InChI is InChI=1S/C9H15F2N.ClH/c10-9(11)7-12-6-8(9)4-2-1-3-5-8;/h12H,1-7H2;1H. The summed E-state index contributed by atoms with van der Waals surface area (Å²) in [6.45, 7) is 0.424. The fourth-order valence-electron chi connectivity index (χ4n) is 2.55. The first-order chi connectivity index (χ1) is 5.66. The SMILES string of the molecule is Cl.FC1(F)CNCC12CCCCC2. The quantitative estimate of drug-likeness (QED) is 0.650. The maximum atomic E-state index is 13.4. The molecule has 1 spiro atoms. The topological polar surface area (TPSA) is 12.0 Å². The molecule has 0 radical (unpaired) electrons. The lowest BCUT2D eigenvalue weighted by Gasteiger charge is -2.37. The average Bonchev–Trinajstić information content (AvgIpc) is 2.30. The Hall–Kier alpha value is 0.110. The van der Waals surface area contributed by atoms with Crippen molar-refractivity contribution < 1.29 is 8.78 Å². The molecule has 1 heterocycles. The van der Waals surface area contributed by atoms with Crippen molar-refractivity contribution in [1.29, 1.82) is 0 Å². The molecule has 1 saturated heterocycles. The lowest BCUT2D eigenvalue weighted by atomic mass is 9.71. The number of hydrogen-bond acceptors (Lipinski definition) is 1. The Labute approximate surface area is 83.7 Å². The zero-order chi connectivity index (χ0) is 8.66. The van der Waals surface area contributed by atoms with Gasteiger partial charge in [0.25, 0.3) is 5.92 Å². The van der Waals surface area contributed by atoms with E-state index in [1.165, 1.54) is 0 Å². The van der Waals surface area contributed by atoms with Gasteiger partial charge in [0.2, 0.25) is 0 Å². The Morgan fingerprint density at radius 3 is 2.00 bits per heavy atom. The van der Waals surface area contributed by atoms with Crippen molar-refractivity contribution in [1.82, 2.24) is 5.32 Å². The van der Waals surface area contributed by atoms with Crippen LogP contribution in [0.15, 0.2) is 0 Å². The minimum atomic E-state index is -2.45. The predicted molar refractivity (Wildman–Crippen MR) is 50.6 cm³/mol. The fraction of sp³-hybridized carbons (Fsp3) is 1.00. The van der Waals surface area contributed by atoms with Crippen molar-refractivity contribution in [3.8, 4) is 0 Å². The maximum Gasteiger partial charge on any atom is 0.267 e. The summed E-state index contributed by atoms with van der Waals surface area (Å²) in [5, 5.41) is 2.82. The van der Waals surface area contributed by atoms with E-state index in [1.54, 1.807) is 0 Å². The highest BCUT2D eigenvalue weighted by Crippen LogP contribution is 2.49. The van der Waals surface area contributed by atoms with Crippen molar-refractivity contribution in [2.24, 2.45) is 5.41 Å². The van der Waals surface area contributed by atoms with Crippen LogP contribution in [0.2, 0.25) is 0 Å². The van der Waals surface area contributed by atoms with Crippen molar-refractivity contribution in [2.75, 3.05) is 13.1 Å². The van der Waals surface area contributed by atoms with Crippen LogP contribution >= 0.6 is 12.4 Å². The lowest BCUT2D eigenvalue weighted by molar-refractivity contribution is -0.0996. The first-order valence-electron chi connectivity index (χ1n) is 4.75. The van der Waals surface area contributed by atoms with Gasteiger partial charge in [-0.2, -0.15) is 0 Å². The molecule has 4 heteroatoms. The van der Waals surface area contributed by atoms with Gasteiger partial charge in [-0.1, -0.05) is 19.3 Å². The van der Waals surface area contributed by atoms with Crippen molar-refractivity contribution in [3.63, 3.8) is 0 Å². The summed E-state index contributed by atoms with van der Waals surface area (Å²) >= 11 is 0. The molecule has 0 unspecified atom stereocenters. The second kappa shape index (κ2) is 3.70. The Morgan fingerprint density at radius 2 is 1.54 bits per heavy atom. The molecule has 2 rings (SSSR count). The molecular weight excluding hydrogens is 196 g/mol. The van der Waals surface area contributed by atoms with Gasteiger partial charge in [0.15, 0.2) is 0 Å². The van der Waals surface area contributed by atoms with Crippen LogP contribution in [0.25, 0.3) is 0 Å². The average molecular weight is 212 g/mol. The molecular formula is C9H16ClF2N. The Kier molecular flexibility index (Phi) is 3.18. The van der Waals surface area contributed by atoms with Gasteiger partial charge >= 0.3 is 0 Å². The van der Waals surface area contributed by atoms with E-state index < -0.39 is 11.3 Å². The summed E-state index contributed by atoms with van der Waals surface area (Å²) in [6.07, 6.45) is 4.53. The van der Waals surface area contributed by atoms with Crippen LogP contribution < -0.4 is 5.32 Å². The third kappa shape index (κ3) is 1.68. The molecule has 78 valence electrons. The lowest BCUT2D eigenvalue weighted by Crippen LogP contribution is -2.41. The van der Waals surface area contributed by atoms with E-state index in [4.69, 9.17) is 0 Å². The van der Waals surface area contributed by atoms with Gasteiger partial charge in [0.05, 0.1) is 6.54 Å². The van der Waals surface area contributed by atoms with E-state index in [1.807, 2.05) is 0 Å². The van der Waals surface area contributed by atoms with E-state index in [2.05, 4.69) is 5.32 Å². The molecule has 1 nitrogen and oxygen atoms in total. The summed E-state index contributed by atoms with van der Waals surface area (Å²) in [4.78, 5) is 0. The van der Waals surface area contributed by atoms with Crippen LogP contribution in [0.3, 0.4) is 0 Å². The highest BCUT2D eigenvalue weighted by atomic mass is 35.5. The van der Waals surface area contributed by atoms with E-state index in [0.29, 0.717) is 19.4 Å². The Balaban J connectivity index is 0.000000845. The molecule has 0 aromatic rings. The summed E-state index contributed by atoms with van der Waals surface area (Å²) < 4.78 is 26.8. The minimum absolute atomic E-state index is 0. The third-order valence-corrected chi connectivity index (χ3v) is 3.40. The molecule has 0 aromatic heterocycles. The number of nitrogens with one attached hydrogen (secondary N) is 1. The normalized spacial score (nSPS) is 30.0. The van der Waals surface area contributed by atoms with Gasteiger partial charge in [0, 0.05) is 12.0 Å². The second-order valence-corrected chi connectivity index (χ2v) is 4.15. The fourth-order valence-corrected chi connectivity index (χ4v) is 2.55. The molecule has 1 aliphatic heterocycles. The van der Waals surface area contributed by atoms with Gasteiger partial charge in [-0.05, 0) is 12.8 Å². The van der Waals surface area contributed by atoms with Crippen LogP contribution in [-0.4, -0.2) is 19.0 Å². The molecule has 0 atom stereocenters. The molecule has 1 N–H and O–H groups in total. The first kappa shape index (κ1) is 11.2. The van der Waals surface area contributed by atoms with E-state index in [9.17, 15) is 8.78 Å². The number of rotatable bonds is 0. The molecule has 0 bridgehead atoms. The smallest absolute Gasteiger partial charge is 0.267 e.